The molecule has 2 fully saturated rings. The van der Waals surface area contributed by atoms with Crippen molar-refractivity contribution in [3.05, 3.63) is 35.1 Å². The number of aromatic amines is 1. The Labute approximate surface area is 183 Å². The van der Waals surface area contributed by atoms with Gasteiger partial charge in [-0.15, -0.1) is 11.3 Å². The second-order valence-corrected chi connectivity index (χ2v) is 9.61. The molecule has 2 aliphatic rings. The first kappa shape index (κ1) is 20.9. The van der Waals surface area contributed by atoms with Crippen molar-refractivity contribution >= 4 is 22.4 Å². The molecule has 0 atom stereocenters. The maximum atomic E-state index is 13.0. The molecule has 9 heteroatoms. The zero-order valence-electron chi connectivity index (χ0n) is 17.5. The molecule has 0 unspecified atom stereocenters. The average Bonchev–Trinajstić information content (AvgIpc) is 3.41. The zero-order valence-corrected chi connectivity index (χ0v) is 18.3. The van der Waals surface area contributed by atoms with E-state index in [9.17, 15) is 13.2 Å². The molecular formula is C22H26F3N5S. The van der Waals surface area contributed by atoms with Crippen LogP contribution in [0.15, 0.2) is 23.8 Å². The van der Waals surface area contributed by atoms with Crippen LogP contribution in [0.1, 0.15) is 42.9 Å². The van der Waals surface area contributed by atoms with Crippen molar-refractivity contribution in [2.24, 2.45) is 0 Å². The summed E-state index contributed by atoms with van der Waals surface area (Å²) in [6, 6.07) is 2.77. The minimum atomic E-state index is -4.42. The number of likely N-dealkylation sites (N-methyl/N-ethyl adjacent to an activating group) is 1. The zero-order chi connectivity index (χ0) is 21.6. The molecule has 5 rings (SSSR count). The van der Waals surface area contributed by atoms with Gasteiger partial charge in [0, 0.05) is 60.9 Å². The third-order valence-electron chi connectivity index (χ3n) is 6.80. The molecule has 1 aliphatic carbocycles. The van der Waals surface area contributed by atoms with Gasteiger partial charge in [0.15, 0.2) is 5.69 Å². The van der Waals surface area contributed by atoms with Gasteiger partial charge in [-0.25, -0.2) is 9.97 Å². The summed E-state index contributed by atoms with van der Waals surface area (Å²) >= 11 is 1.02. The predicted molar refractivity (Wildman–Crippen MR) is 116 cm³/mol. The van der Waals surface area contributed by atoms with Crippen LogP contribution >= 0.6 is 11.3 Å². The number of thiazole rings is 1. The van der Waals surface area contributed by atoms with Crippen LogP contribution in [0.4, 0.5) is 13.2 Å². The van der Waals surface area contributed by atoms with Gasteiger partial charge in [0.1, 0.15) is 10.7 Å². The topological polar surface area (TPSA) is 48.0 Å². The van der Waals surface area contributed by atoms with Crippen LogP contribution in [0.5, 0.6) is 0 Å². The second kappa shape index (κ2) is 8.18. The summed E-state index contributed by atoms with van der Waals surface area (Å²) in [5.41, 5.74) is 1.72. The SMILES string of the molecule is CN1CCN([C@H]2CC[C@@H](c3cnc4[nH]cc(-c5nc(C(F)(F)F)cs5)c4c3)CC2)CC1. The summed E-state index contributed by atoms with van der Waals surface area (Å²) in [4.78, 5) is 16.5. The molecule has 4 heterocycles. The molecule has 0 aromatic carbocycles. The molecule has 5 nitrogen and oxygen atoms in total. The number of hydrogen-bond donors (Lipinski definition) is 1. The Hall–Kier alpha value is -1.97. The van der Waals surface area contributed by atoms with Crippen molar-refractivity contribution in [3.8, 4) is 10.6 Å². The van der Waals surface area contributed by atoms with Crippen LogP contribution in [-0.2, 0) is 6.18 Å². The van der Waals surface area contributed by atoms with Gasteiger partial charge in [0.25, 0.3) is 0 Å². The molecule has 1 saturated carbocycles. The molecule has 3 aromatic rings. The van der Waals surface area contributed by atoms with Gasteiger partial charge in [0.05, 0.1) is 0 Å². The van der Waals surface area contributed by atoms with Gasteiger partial charge in [-0.3, -0.25) is 4.90 Å². The van der Waals surface area contributed by atoms with Crippen molar-refractivity contribution in [3.63, 3.8) is 0 Å². The highest BCUT2D eigenvalue weighted by molar-refractivity contribution is 7.13. The van der Waals surface area contributed by atoms with Crippen LogP contribution in [0, 0.1) is 0 Å². The first-order chi connectivity index (χ1) is 14.9. The van der Waals surface area contributed by atoms with Crippen LogP contribution in [0.2, 0.25) is 0 Å². The smallest absolute Gasteiger partial charge is 0.345 e. The van der Waals surface area contributed by atoms with Crippen molar-refractivity contribution < 1.29 is 13.2 Å². The summed E-state index contributed by atoms with van der Waals surface area (Å²) < 4.78 is 38.9. The number of rotatable bonds is 3. The van der Waals surface area contributed by atoms with Gasteiger partial charge in [-0.1, -0.05) is 0 Å². The highest BCUT2D eigenvalue weighted by atomic mass is 32.1. The summed E-state index contributed by atoms with van der Waals surface area (Å²) in [6.45, 7) is 4.59. The molecule has 1 saturated heterocycles. The monoisotopic (exact) mass is 449 g/mol. The van der Waals surface area contributed by atoms with Crippen LogP contribution in [0.25, 0.3) is 21.6 Å². The first-order valence-electron chi connectivity index (χ1n) is 10.8. The number of alkyl halides is 3. The van der Waals surface area contributed by atoms with Crippen molar-refractivity contribution in [1.82, 2.24) is 24.8 Å². The van der Waals surface area contributed by atoms with E-state index in [2.05, 4.69) is 37.9 Å². The van der Waals surface area contributed by atoms with Gasteiger partial charge in [-0.05, 0) is 50.3 Å². The Kier molecular flexibility index (Phi) is 5.52. The molecule has 0 spiro atoms. The Morgan fingerprint density at radius 2 is 1.84 bits per heavy atom. The van der Waals surface area contributed by atoms with E-state index >= 15 is 0 Å². The number of fused-ring (bicyclic) bond motifs is 1. The normalized spacial score (nSPS) is 24.1. The Morgan fingerprint density at radius 1 is 1.10 bits per heavy atom. The Morgan fingerprint density at radius 3 is 2.52 bits per heavy atom. The van der Waals surface area contributed by atoms with Gasteiger partial charge in [-0.2, -0.15) is 13.2 Å². The fourth-order valence-corrected chi connectivity index (χ4v) is 5.77. The van der Waals surface area contributed by atoms with E-state index in [1.165, 1.54) is 18.4 Å². The number of piperazine rings is 1. The molecule has 0 bridgehead atoms. The van der Waals surface area contributed by atoms with E-state index in [0.29, 0.717) is 28.2 Å². The molecular weight excluding hydrogens is 423 g/mol. The van der Waals surface area contributed by atoms with E-state index in [1.54, 1.807) is 6.20 Å². The Balaban J connectivity index is 1.32. The molecule has 1 aliphatic heterocycles. The van der Waals surface area contributed by atoms with Gasteiger partial charge >= 0.3 is 6.18 Å². The largest absolute Gasteiger partial charge is 0.434 e. The number of hydrogen-bond acceptors (Lipinski definition) is 5. The fraction of sp³-hybridized carbons (Fsp3) is 0.545. The number of nitrogens with one attached hydrogen (secondary N) is 1. The molecule has 166 valence electrons. The number of H-pyrrole nitrogens is 1. The molecule has 0 amide bonds. The molecule has 31 heavy (non-hydrogen) atoms. The first-order valence-corrected chi connectivity index (χ1v) is 11.7. The third-order valence-corrected chi connectivity index (χ3v) is 7.68. The summed E-state index contributed by atoms with van der Waals surface area (Å²) in [5.74, 6) is 0.449. The second-order valence-electron chi connectivity index (χ2n) is 8.75. The molecule has 0 radical (unpaired) electrons. The molecule has 3 aromatic heterocycles. The van der Waals surface area contributed by atoms with Crippen LogP contribution < -0.4 is 0 Å². The predicted octanol–water partition coefficient (Wildman–Crippen LogP) is 4.98. The lowest BCUT2D eigenvalue weighted by molar-refractivity contribution is -0.140. The van der Waals surface area contributed by atoms with E-state index in [-0.39, 0.29) is 0 Å². The minimum Gasteiger partial charge on any atom is -0.345 e. The van der Waals surface area contributed by atoms with Crippen molar-refractivity contribution in [1.29, 1.82) is 0 Å². The standard InChI is InChI=1S/C22H26F3N5S/c1-29-6-8-30(9-7-29)16-4-2-14(3-5-16)15-10-17-18(12-27-20(17)26-11-15)21-28-19(13-31-21)22(23,24)25/h10-14,16H,2-9H2,1H3,(H,26,27)/t14-,16+. The lowest BCUT2D eigenvalue weighted by atomic mass is 9.81. The number of nitrogens with zero attached hydrogens (tertiary/aromatic N) is 4. The maximum Gasteiger partial charge on any atom is 0.434 e. The number of aromatic nitrogens is 3. The van der Waals surface area contributed by atoms with E-state index in [0.717, 1.165) is 61.1 Å². The van der Waals surface area contributed by atoms with Crippen molar-refractivity contribution in [2.45, 2.75) is 43.8 Å². The number of halogens is 3. The molecule has 1 N–H and O–H groups in total. The Bertz CT molecular complexity index is 1040. The van der Waals surface area contributed by atoms with Crippen LogP contribution in [-0.4, -0.2) is 64.0 Å². The number of pyridine rings is 1. The average molecular weight is 450 g/mol. The van der Waals surface area contributed by atoms with E-state index in [4.69, 9.17) is 0 Å². The highest BCUT2D eigenvalue weighted by Crippen LogP contribution is 2.39. The minimum absolute atomic E-state index is 0.372. The lowest BCUT2D eigenvalue weighted by Gasteiger charge is -2.41. The highest BCUT2D eigenvalue weighted by Gasteiger charge is 2.34. The summed E-state index contributed by atoms with van der Waals surface area (Å²) in [6.07, 6.45) is 3.84. The summed E-state index contributed by atoms with van der Waals surface area (Å²) in [5, 5.41) is 2.29. The summed E-state index contributed by atoms with van der Waals surface area (Å²) in [7, 11) is 2.18. The van der Waals surface area contributed by atoms with Gasteiger partial charge in [0.2, 0.25) is 0 Å². The quantitative estimate of drug-likeness (QED) is 0.613. The van der Waals surface area contributed by atoms with Crippen LogP contribution in [0.3, 0.4) is 0 Å². The van der Waals surface area contributed by atoms with Crippen molar-refractivity contribution in [2.75, 3.05) is 33.2 Å². The van der Waals surface area contributed by atoms with E-state index in [1.807, 2.05) is 6.20 Å². The maximum absolute atomic E-state index is 13.0. The lowest BCUT2D eigenvalue weighted by Crippen LogP contribution is -2.49. The third kappa shape index (κ3) is 4.23. The van der Waals surface area contributed by atoms with Gasteiger partial charge < -0.3 is 9.88 Å². The fourth-order valence-electron chi connectivity index (χ4n) is 4.91. The van der Waals surface area contributed by atoms with E-state index < -0.39 is 11.9 Å².